The second-order valence-corrected chi connectivity index (χ2v) is 18.3. The molecule has 9 heteroatoms. The van der Waals surface area contributed by atoms with E-state index >= 15 is 0 Å². The lowest BCUT2D eigenvalue weighted by atomic mass is 9.33. The third-order valence-corrected chi connectivity index (χ3v) is 14.9. The first-order chi connectivity index (χ1) is 19.6. The molecule has 0 aliphatic heterocycles. The van der Waals surface area contributed by atoms with Gasteiger partial charge in [-0.15, -0.1) is 22.8 Å². The Morgan fingerprint density at radius 1 is 1.05 bits per heavy atom. The molecule has 2 aromatic heterocycles. The number of hydrogen-bond acceptors (Lipinski definition) is 7. The van der Waals surface area contributed by atoms with Gasteiger partial charge < -0.3 is 5.73 Å². The van der Waals surface area contributed by atoms with Gasteiger partial charge in [-0.2, -0.15) is 5.10 Å². The summed E-state index contributed by atoms with van der Waals surface area (Å²) in [5, 5.41) is 19.8. The van der Waals surface area contributed by atoms with E-state index in [9.17, 15) is 4.79 Å². The van der Waals surface area contributed by atoms with E-state index in [0.29, 0.717) is 21.3 Å². The minimum absolute atomic E-state index is 0.0204. The lowest BCUT2D eigenvalue weighted by Gasteiger charge is -2.70. The fraction of sp³-hybridized carbons (Fsp3) is 0.758. The van der Waals surface area contributed by atoms with Crippen LogP contribution in [-0.4, -0.2) is 26.3 Å². The summed E-state index contributed by atoms with van der Waals surface area (Å²) in [6.45, 7) is 17.3. The van der Waals surface area contributed by atoms with Crippen LogP contribution in [0.25, 0.3) is 0 Å². The number of nitrogen functional groups attached to an aromatic ring is 1. The molecule has 7 nitrogen and oxygen atoms in total. The minimum atomic E-state index is -0.402. The lowest BCUT2D eigenvalue weighted by molar-refractivity contribution is -0.165. The lowest BCUT2D eigenvalue weighted by Crippen LogP contribution is -2.65. The van der Waals surface area contributed by atoms with E-state index < -0.39 is 5.41 Å². The van der Waals surface area contributed by atoms with Crippen molar-refractivity contribution in [3.05, 3.63) is 22.9 Å². The molecule has 0 radical (unpaired) electrons. The molecule has 5 aliphatic rings. The Balaban J connectivity index is 1.30. The molecular weight excluding hydrogens is 561 g/mol. The summed E-state index contributed by atoms with van der Waals surface area (Å²) in [7, 11) is 0. The van der Waals surface area contributed by atoms with Crippen LogP contribution in [0.1, 0.15) is 111 Å². The molecule has 0 aromatic carbocycles. The van der Waals surface area contributed by atoms with Crippen LogP contribution in [0, 0.1) is 44.8 Å². The molecule has 5 aliphatic carbocycles. The largest absolute Gasteiger partial charge is 0.384 e. The Morgan fingerprint density at radius 3 is 2.50 bits per heavy atom. The number of anilines is 2. The highest BCUT2D eigenvalue weighted by Crippen LogP contribution is 2.75. The van der Waals surface area contributed by atoms with Crippen molar-refractivity contribution in [3.63, 3.8) is 0 Å². The second kappa shape index (κ2) is 8.86. The summed E-state index contributed by atoms with van der Waals surface area (Å²) in [5.74, 6) is 2.23. The van der Waals surface area contributed by atoms with Gasteiger partial charge in [-0.25, -0.2) is 0 Å². The Morgan fingerprint density at radius 2 is 1.79 bits per heavy atom. The maximum absolute atomic E-state index is 14.3. The molecular formula is C33H48N6OS2. The predicted octanol–water partition coefficient (Wildman–Crippen LogP) is 7.59. The zero-order valence-corrected chi connectivity index (χ0v) is 28.1. The van der Waals surface area contributed by atoms with Gasteiger partial charge in [0.25, 0.3) is 0 Å². The van der Waals surface area contributed by atoms with Crippen LogP contribution >= 0.6 is 24.0 Å². The monoisotopic (exact) mass is 608 g/mol. The van der Waals surface area contributed by atoms with E-state index in [0.717, 1.165) is 50.8 Å². The van der Waals surface area contributed by atoms with Crippen LogP contribution in [-0.2, 0) is 16.6 Å². The smallest absolute Gasteiger partial charge is 0.233 e. The van der Waals surface area contributed by atoms with Crippen LogP contribution in [0.15, 0.2) is 16.0 Å². The minimum Gasteiger partial charge on any atom is -0.384 e. The molecule has 3 unspecified atom stereocenters. The third kappa shape index (κ3) is 3.64. The normalized spacial score (nSPS) is 41.3. The van der Waals surface area contributed by atoms with E-state index in [2.05, 4.69) is 87.8 Å². The van der Waals surface area contributed by atoms with Gasteiger partial charge in [0.1, 0.15) is 5.82 Å². The second-order valence-electron chi connectivity index (χ2n) is 16.6. The van der Waals surface area contributed by atoms with Crippen LogP contribution in [0.3, 0.4) is 0 Å². The number of carbonyl (C=O) groups excluding carboxylic acids is 1. The van der Waals surface area contributed by atoms with Crippen molar-refractivity contribution in [2.45, 2.75) is 116 Å². The number of nitrogens with zero attached hydrogens (tertiary/aromatic N) is 3. The van der Waals surface area contributed by atoms with E-state index in [1.165, 1.54) is 35.4 Å². The number of aromatic nitrogens is 4. The maximum Gasteiger partial charge on any atom is 0.233 e. The fourth-order valence-electron chi connectivity index (χ4n) is 11.6. The molecule has 7 rings (SSSR count). The van der Waals surface area contributed by atoms with Crippen molar-refractivity contribution in [1.82, 2.24) is 20.4 Å². The van der Waals surface area contributed by atoms with Crippen molar-refractivity contribution in [2.24, 2.45) is 44.8 Å². The van der Waals surface area contributed by atoms with Gasteiger partial charge in [0, 0.05) is 11.0 Å². The van der Waals surface area contributed by atoms with Crippen molar-refractivity contribution in [2.75, 3.05) is 11.1 Å². The zero-order chi connectivity index (χ0) is 30.1. The molecule has 0 spiro atoms. The molecule has 3 saturated carbocycles. The molecule has 0 saturated heterocycles. The molecule has 42 heavy (non-hydrogen) atoms. The first-order valence-corrected chi connectivity index (χ1v) is 17.2. The number of carbonyl (C=O) groups is 1. The molecule has 7 atom stereocenters. The van der Waals surface area contributed by atoms with E-state index in [-0.39, 0.29) is 38.9 Å². The summed E-state index contributed by atoms with van der Waals surface area (Å²) in [5.41, 5.74) is 10.6. The number of amides is 1. The van der Waals surface area contributed by atoms with E-state index in [1.807, 2.05) is 0 Å². The number of allylic oxidation sites excluding steroid dienone is 2. The van der Waals surface area contributed by atoms with Gasteiger partial charge >= 0.3 is 0 Å². The molecule has 2 heterocycles. The number of hydrogen-bond donors (Lipinski definition) is 4. The maximum atomic E-state index is 14.3. The SMILES string of the molecule is CC1(C)CC[C@]2(C(=O)Nc3nnc(S)s3)CC[C@]3(C)C(=CCC4[C@@]5(C)Cc6c(n[nH]c6N)C(C)(C)C5CC[C@]43C)C2C1. The van der Waals surface area contributed by atoms with Crippen molar-refractivity contribution in [3.8, 4) is 0 Å². The number of H-pyrrole nitrogens is 1. The van der Waals surface area contributed by atoms with Gasteiger partial charge in [-0.1, -0.05) is 71.5 Å². The Bertz CT molecular complexity index is 1490. The highest BCUT2D eigenvalue weighted by atomic mass is 32.2. The third-order valence-electron chi connectivity index (χ3n) is 13.9. The highest BCUT2D eigenvalue weighted by molar-refractivity contribution is 7.82. The summed E-state index contributed by atoms with van der Waals surface area (Å²) in [6, 6.07) is 0. The fourth-order valence-corrected chi connectivity index (χ4v) is 12.4. The molecule has 0 bridgehead atoms. The predicted molar refractivity (Wildman–Crippen MR) is 172 cm³/mol. The number of fused-ring (bicyclic) bond motifs is 8. The summed E-state index contributed by atoms with van der Waals surface area (Å²) in [4.78, 5) is 14.3. The van der Waals surface area contributed by atoms with Gasteiger partial charge in [-0.05, 0) is 97.2 Å². The molecule has 2 aromatic rings. The number of rotatable bonds is 2. The van der Waals surface area contributed by atoms with E-state index in [4.69, 9.17) is 10.8 Å². The standard InChI is InChI=1S/C33H48N6OS2/c1-28(2)12-14-33(25(40)35-26-38-39-27(41)42-26)15-13-31(6)19(20(33)17-28)8-9-22-30(5)16-18-23(36-37-24(18)34)29(3,4)21(30)10-11-32(22,31)7/h8,20-22H,9-17H2,1-7H3,(H,39,41)(H3,34,36,37)(H,35,38,40)/t20?,21?,22?,30-,31+,32+,33-/m0/s1. The number of nitrogens with two attached hydrogens (primary N) is 1. The molecule has 3 fully saturated rings. The van der Waals surface area contributed by atoms with Gasteiger partial charge in [-0.3, -0.25) is 15.2 Å². The summed E-state index contributed by atoms with van der Waals surface area (Å²) in [6.07, 6.45) is 12.1. The van der Waals surface area contributed by atoms with Crippen molar-refractivity contribution in [1.29, 1.82) is 0 Å². The molecule has 1 amide bonds. The van der Waals surface area contributed by atoms with Crippen LogP contribution in [0.2, 0.25) is 0 Å². The summed E-state index contributed by atoms with van der Waals surface area (Å²) >= 11 is 5.67. The average molecular weight is 609 g/mol. The average Bonchev–Trinajstić information content (AvgIpc) is 3.48. The van der Waals surface area contributed by atoms with Gasteiger partial charge in [0.15, 0.2) is 4.34 Å². The van der Waals surface area contributed by atoms with Gasteiger partial charge in [0.05, 0.1) is 11.1 Å². The highest BCUT2D eigenvalue weighted by Gasteiger charge is 2.69. The summed E-state index contributed by atoms with van der Waals surface area (Å²) < 4.78 is 0.577. The number of aromatic amines is 1. The quantitative estimate of drug-likeness (QED) is 0.160. The first-order valence-electron chi connectivity index (χ1n) is 16.0. The number of thiol groups is 1. The van der Waals surface area contributed by atoms with Crippen LogP contribution < -0.4 is 11.1 Å². The molecule has 228 valence electrons. The van der Waals surface area contributed by atoms with Crippen molar-refractivity contribution >= 4 is 40.8 Å². The van der Waals surface area contributed by atoms with Crippen LogP contribution in [0.5, 0.6) is 0 Å². The first kappa shape index (κ1) is 28.9. The topological polar surface area (TPSA) is 110 Å². The zero-order valence-electron chi connectivity index (χ0n) is 26.4. The van der Waals surface area contributed by atoms with Gasteiger partial charge in [0.2, 0.25) is 11.0 Å². The number of nitrogens with one attached hydrogen (secondary N) is 2. The molecule has 4 N–H and O–H groups in total. The van der Waals surface area contributed by atoms with Crippen LogP contribution in [0.4, 0.5) is 10.9 Å². The Labute approximate surface area is 260 Å². The van der Waals surface area contributed by atoms with E-state index in [1.54, 1.807) is 5.57 Å². The Hall–Kier alpha value is -1.87. The van der Waals surface area contributed by atoms with Crippen molar-refractivity contribution < 1.29 is 4.79 Å². The Kier molecular flexibility index (Phi) is 6.09.